The summed E-state index contributed by atoms with van der Waals surface area (Å²) >= 11 is 12.6. The van der Waals surface area contributed by atoms with Gasteiger partial charge in [-0.3, -0.25) is 4.79 Å². The smallest absolute Gasteiger partial charge is 0.221 e. The second-order valence-electron chi connectivity index (χ2n) is 1.99. The molecule has 0 radical (unpaired) electrons. The molecule has 1 amide bonds. The first kappa shape index (κ1) is 8.84. The van der Waals surface area contributed by atoms with E-state index in [1.54, 1.807) is 6.07 Å². The zero-order chi connectivity index (χ0) is 8.43. The van der Waals surface area contributed by atoms with Gasteiger partial charge in [-0.25, -0.2) is 0 Å². The lowest BCUT2D eigenvalue weighted by atomic mass is 10.2. The molecule has 0 saturated heterocycles. The molecule has 60 valence electrons. The van der Waals surface area contributed by atoms with Crippen LogP contribution in [0.2, 0.25) is 8.67 Å². The molecule has 0 saturated carbocycles. The van der Waals surface area contributed by atoms with Crippen LogP contribution in [0.3, 0.4) is 0 Å². The van der Waals surface area contributed by atoms with Crippen molar-refractivity contribution in [3.63, 3.8) is 0 Å². The summed E-state index contributed by atoms with van der Waals surface area (Å²) in [5.74, 6) is -0.402. The molecule has 1 aromatic heterocycles. The zero-order valence-electron chi connectivity index (χ0n) is 5.43. The Morgan fingerprint density at radius 1 is 1.64 bits per heavy atom. The maximum absolute atomic E-state index is 10.5. The summed E-state index contributed by atoms with van der Waals surface area (Å²) in [7, 11) is 0. The highest BCUT2D eigenvalue weighted by atomic mass is 35.5. The third-order valence-corrected chi connectivity index (χ3v) is 2.66. The molecule has 0 aromatic carbocycles. The Labute approximate surface area is 77.9 Å². The number of nitrogens with two attached hydrogens (primary N) is 1. The lowest BCUT2D eigenvalue weighted by Gasteiger charge is -1.90. The summed E-state index contributed by atoms with van der Waals surface area (Å²) in [5.41, 5.74) is 5.67. The van der Waals surface area contributed by atoms with Gasteiger partial charge in [0.25, 0.3) is 0 Å². The third kappa shape index (κ3) is 2.36. The number of carbonyl (C=O) groups is 1. The second-order valence-corrected chi connectivity index (χ2v) is 4.28. The number of hydrogen-bond donors (Lipinski definition) is 1. The molecule has 1 rings (SSSR count). The summed E-state index contributed by atoms with van der Waals surface area (Å²) in [5, 5.41) is 0. The molecule has 0 aliphatic rings. The maximum atomic E-state index is 10.5. The Balaban J connectivity index is 2.85. The fourth-order valence-corrected chi connectivity index (χ4v) is 2.17. The molecule has 1 aromatic rings. The molecular weight excluding hydrogens is 205 g/mol. The maximum Gasteiger partial charge on any atom is 0.221 e. The van der Waals surface area contributed by atoms with Crippen molar-refractivity contribution >= 4 is 40.4 Å². The van der Waals surface area contributed by atoms with E-state index in [-0.39, 0.29) is 6.42 Å². The van der Waals surface area contributed by atoms with Gasteiger partial charge in [0.05, 0.1) is 15.1 Å². The SMILES string of the molecule is NC(=O)Cc1cc(Cl)sc1Cl. The Morgan fingerprint density at radius 2 is 2.27 bits per heavy atom. The molecule has 0 bridgehead atoms. The van der Waals surface area contributed by atoms with Gasteiger partial charge in [-0.2, -0.15) is 0 Å². The van der Waals surface area contributed by atoms with Crippen LogP contribution in [0.5, 0.6) is 0 Å². The molecule has 0 aliphatic carbocycles. The Bertz CT molecular complexity index is 284. The van der Waals surface area contributed by atoms with Gasteiger partial charge >= 0.3 is 0 Å². The quantitative estimate of drug-likeness (QED) is 0.797. The minimum absolute atomic E-state index is 0.155. The number of halogens is 2. The monoisotopic (exact) mass is 209 g/mol. The minimum Gasteiger partial charge on any atom is -0.369 e. The lowest BCUT2D eigenvalue weighted by molar-refractivity contribution is -0.117. The first-order chi connectivity index (χ1) is 5.09. The summed E-state index contributed by atoms with van der Waals surface area (Å²) in [6, 6.07) is 1.65. The van der Waals surface area contributed by atoms with Crippen molar-refractivity contribution in [3.05, 3.63) is 20.3 Å². The predicted molar refractivity (Wildman–Crippen MR) is 47.2 cm³/mol. The Morgan fingerprint density at radius 3 is 2.64 bits per heavy atom. The van der Waals surface area contributed by atoms with Crippen molar-refractivity contribution in [3.8, 4) is 0 Å². The predicted octanol–water partition coefficient (Wildman–Crippen LogP) is 2.08. The van der Waals surface area contributed by atoms with E-state index in [2.05, 4.69) is 0 Å². The van der Waals surface area contributed by atoms with Crippen LogP contribution in [0, 0.1) is 0 Å². The molecule has 0 spiro atoms. The van der Waals surface area contributed by atoms with E-state index in [0.29, 0.717) is 14.2 Å². The van der Waals surface area contributed by atoms with Crippen LogP contribution in [0.1, 0.15) is 5.56 Å². The fraction of sp³-hybridized carbons (Fsp3) is 0.167. The van der Waals surface area contributed by atoms with E-state index in [1.165, 1.54) is 11.3 Å². The molecule has 2 nitrogen and oxygen atoms in total. The highest BCUT2D eigenvalue weighted by molar-refractivity contribution is 7.20. The van der Waals surface area contributed by atoms with Crippen molar-refractivity contribution in [1.82, 2.24) is 0 Å². The number of thiophene rings is 1. The van der Waals surface area contributed by atoms with Crippen LogP contribution in [-0.2, 0) is 11.2 Å². The van der Waals surface area contributed by atoms with Crippen LogP contribution in [0.25, 0.3) is 0 Å². The van der Waals surface area contributed by atoms with Crippen LogP contribution >= 0.6 is 34.5 Å². The minimum atomic E-state index is -0.402. The van der Waals surface area contributed by atoms with E-state index >= 15 is 0 Å². The summed E-state index contributed by atoms with van der Waals surface area (Å²) < 4.78 is 1.11. The molecule has 1 heterocycles. The van der Waals surface area contributed by atoms with Crippen LogP contribution in [-0.4, -0.2) is 5.91 Å². The normalized spacial score (nSPS) is 10.0. The zero-order valence-corrected chi connectivity index (χ0v) is 7.76. The van der Waals surface area contributed by atoms with Crippen molar-refractivity contribution in [2.75, 3.05) is 0 Å². The van der Waals surface area contributed by atoms with Crippen LogP contribution in [0.15, 0.2) is 6.07 Å². The number of carbonyl (C=O) groups excluding carboxylic acids is 1. The molecule has 0 unspecified atom stereocenters. The van der Waals surface area contributed by atoms with E-state index in [1.807, 2.05) is 0 Å². The van der Waals surface area contributed by atoms with Crippen LogP contribution in [0.4, 0.5) is 0 Å². The van der Waals surface area contributed by atoms with Gasteiger partial charge in [0.15, 0.2) is 0 Å². The van der Waals surface area contributed by atoms with E-state index in [9.17, 15) is 4.79 Å². The molecule has 0 atom stereocenters. The first-order valence-corrected chi connectivity index (χ1v) is 4.39. The summed E-state index contributed by atoms with van der Waals surface area (Å²) in [6.07, 6.45) is 0.155. The van der Waals surface area contributed by atoms with Crippen molar-refractivity contribution in [2.24, 2.45) is 5.73 Å². The topological polar surface area (TPSA) is 43.1 Å². The van der Waals surface area contributed by atoms with Gasteiger partial charge in [-0.1, -0.05) is 23.2 Å². The summed E-state index contributed by atoms with van der Waals surface area (Å²) in [6.45, 7) is 0. The van der Waals surface area contributed by atoms with Gasteiger partial charge < -0.3 is 5.73 Å². The van der Waals surface area contributed by atoms with Gasteiger partial charge in [-0.05, 0) is 11.6 Å². The third-order valence-electron chi connectivity index (χ3n) is 1.09. The number of hydrogen-bond acceptors (Lipinski definition) is 2. The molecular formula is C6H5Cl2NOS. The van der Waals surface area contributed by atoms with E-state index in [4.69, 9.17) is 28.9 Å². The first-order valence-electron chi connectivity index (χ1n) is 2.81. The molecule has 0 fully saturated rings. The average molecular weight is 210 g/mol. The van der Waals surface area contributed by atoms with Crippen molar-refractivity contribution in [1.29, 1.82) is 0 Å². The van der Waals surface area contributed by atoms with E-state index in [0.717, 1.165) is 0 Å². The van der Waals surface area contributed by atoms with Gasteiger partial charge in [0.2, 0.25) is 5.91 Å². The molecule has 5 heteroatoms. The van der Waals surface area contributed by atoms with Gasteiger partial charge in [-0.15, -0.1) is 11.3 Å². The molecule has 2 N–H and O–H groups in total. The lowest BCUT2D eigenvalue weighted by Crippen LogP contribution is -2.13. The average Bonchev–Trinajstić information content (AvgIpc) is 2.09. The van der Waals surface area contributed by atoms with Gasteiger partial charge in [0.1, 0.15) is 0 Å². The Kier molecular flexibility index (Phi) is 2.76. The fourth-order valence-electron chi connectivity index (χ4n) is 0.683. The Hall–Kier alpha value is -0.250. The standard InChI is InChI=1S/C6H5Cl2NOS/c7-4-1-3(2-5(9)10)6(8)11-4/h1H,2H2,(H2,9,10). The highest BCUT2D eigenvalue weighted by Crippen LogP contribution is 2.31. The van der Waals surface area contributed by atoms with E-state index < -0.39 is 5.91 Å². The van der Waals surface area contributed by atoms with Crippen LogP contribution < -0.4 is 5.73 Å². The number of primary amides is 1. The van der Waals surface area contributed by atoms with Crippen molar-refractivity contribution in [2.45, 2.75) is 6.42 Å². The summed E-state index contributed by atoms with van der Waals surface area (Å²) in [4.78, 5) is 10.5. The highest BCUT2D eigenvalue weighted by Gasteiger charge is 2.07. The largest absolute Gasteiger partial charge is 0.369 e. The number of amides is 1. The molecule has 11 heavy (non-hydrogen) atoms. The van der Waals surface area contributed by atoms with Gasteiger partial charge in [0, 0.05) is 0 Å². The second kappa shape index (κ2) is 3.43. The number of rotatable bonds is 2. The van der Waals surface area contributed by atoms with Crippen molar-refractivity contribution < 1.29 is 4.79 Å². The molecule has 0 aliphatic heterocycles.